The van der Waals surface area contributed by atoms with Crippen LogP contribution in [-0.2, 0) is 25.5 Å². The van der Waals surface area contributed by atoms with Crippen molar-refractivity contribution < 1.29 is 19.1 Å². The van der Waals surface area contributed by atoms with Gasteiger partial charge in [-0.15, -0.1) is 0 Å². The average Bonchev–Trinajstić information content (AvgIpc) is 2.33. The molecule has 0 bridgehead atoms. The van der Waals surface area contributed by atoms with Gasteiger partial charge in [0.2, 0.25) is 0 Å². The molecule has 0 spiro atoms. The first-order valence-electron chi connectivity index (χ1n) is 8.46. The van der Waals surface area contributed by atoms with E-state index in [1.165, 1.54) is 0 Å². The first-order valence-corrected chi connectivity index (χ1v) is 8.46. The number of ether oxygens (including phenoxy) is 2. The van der Waals surface area contributed by atoms with Crippen molar-refractivity contribution >= 4 is 11.9 Å². The second kappa shape index (κ2) is 8.32. The van der Waals surface area contributed by atoms with E-state index in [9.17, 15) is 9.59 Å². The van der Waals surface area contributed by atoms with Crippen LogP contribution in [-0.4, -0.2) is 23.6 Å². The third-order valence-corrected chi connectivity index (χ3v) is 3.28. The molecule has 0 saturated heterocycles. The zero-order chi connectivity index (χ0) is 18.5. The van der Waals surface area contributed by atoms with Gasteiger partial charge in [0, 0.05) is 0 Å². The van der Waals surface area contributed by atoms with Gasteiger partial charge in [0.05, 0.1) is 18.4 Å². The van der Waals surface area contributed by atoms with Crippen LogP contribution in [0.4, 0.5) is 0 Å². The Balaban J connectivity index is 2.92. The molecule has 0 N–H and O–H groups in total. The molecule has 0 heterocycles. The molecule has 134 valence electrons. The SMILES string of the molecule is Cc1cc(C)cc(C[C@@H](CC(=O)OC(C)(C)C)C(=O)OC(C)C)c1. The third-order valence-electron chi connectivity index (χ3n) is 3.28. The standard InChI is InChI=1S/C20H30O4/c1-13(2)23-19(22)17(12-18(21)24-20(5,6)7)11-16-9-14(3)8-15(4)10-16/h8-10,13,17H,11-12H2,1-7H3/t17-/m0/s1. The second-order valence-corrected chi connectivity index (χ2v) is 7.67. The Labute approximate surface area is 145 Å². The van der Waals surface area contributed by atoms with Crippen molar-refractivity contribution in [3.05, 3.63) is 34.9 Å². The summed E-state index contributed by atoms with van der Waals surface area (Å²) in [5.41, 5.74) is 2.74. The van der Waals surface area contributed by atoms with Gasteiger partial charge in [0.15, 0.2) is 0 Å². The summed E-state index contributed by atoms with van der Waals surface area (Å²) >= 11 is 0. The summed E-state index contributed by atoms with van der Waals surface area (Å²) in [6.45, 7) is 13.1. The van der Waals surface area contributed by atoms with Crippen LogP contribution in [0.15, 0.2) is 18.2 Å². The number of hydrogen-bond donors (Lipinski definition) is 0. The molecule has 1 rings (SSSR count). The molecule has 0 aliphatic heterocycles. The van der Waals surface area contributed by atoms with Gasteiger partial charge < -0.3 is 9.47 Å². The van der Waals surface area contributed by atoms with Crippen LogP contribution >= 0.6 is 0 Å². The summed E-state index contributed by atoms with van der Waals surface area (Å²) in [7, 11) is 0. The molecule has 24 heavy (non-hydrogen) atoms. The first-order chi connectivity index (χ1) is 11.0. The fourth-order valence-electron chi connectivity index (χ4n) is 2.62. The van der Waals surface area contributed by atoms with Crippen molar-refractivity contribution in [3.63, 3.8) is 0 Å². The summed E-state index contributed by atoms with van der Waals surface area (Å²) in [6, 6.07) is 6.16. The predicted molar refractivity (Wildman–Crippen MR) is 94.8 cm³/mol. The number of esters is 2. The van der Waals surface area contributed by atoms with Crippen molar-refractivity contribution in [1.82, 2.24) is 0 Å². The number of hydrogen-bond acceptors (Lipinski definition) is 4. The lowest BCUT2D eigenvalue weighted by molar-refractivity contribution is -0.163. The molecule has 0 fully saturated rings. The Bertz CT molecular complexity index is 562. The minimum Gasteiger partial charge on any atom is -0.463 e. The highest BCUT2D eigenvalue weighted by molar-refractivity contribution is 5.80. The molecule has 0 unspecified atom stereocenters. The number of carbonyl (C=O) groups excluding carboxylic acids is 2. The maximum Gasteiger partial charge on any atom is 0.310 e. The molecular formula is C20H30O4. The average molecular weight is 334 g/mol. The van der Waals surface area contributed by atoms with E-state index in [4.69, 9.17) is 9.47 Å². The van der Waals surface area contributed by atoms with Crippen LogP contribution in [0.3, 0.4) is 0 Å². The summed E-state index contributed by atoms with van der Waals surface area (Å²) < 4.78 is 10.7. The number of aryl methyl sites for hydroxylation is 2. The van der Waals surface area contributed by atoms with E-state index < -0.39 is 11.5 Å². The van der Waals surface area contributed by atoms with Crippen molar-refractivity contribution in [2.24, 2.45) is 5.92 Å². The van der Waals surface area contributed by atoms with E-state index in [1.54, 1.807) is 13.8 Å². The number of rotatable bonds is 6. The molecule has 4 heteroatoms. The quantitative estimate of drug-likeness (QED) is 0.734. The van der Waals surface area contributed by atoms with Crippen LogP contribution in [0.5, 0.6) is 0 Å². The van der Waals surface area contributed by atoms with Crippen LogP contribution in [0.1, 0.15) is 57.7 Å². The van der Waals surface area contributed by atoms with Gasteiger partial charge in [-0.3, -0.25) is 9.59 Å². The highest BCUT2D eigenvalue weighted by Gasteiger charge is 2.27. The lowest BCUT2D eigenvalue weighted by Crippen LogP contribution is -2.30. The van der Waals surface area contributed by atoms with Crippen molar-refractivity contribution in [2.75, 3.05) is 0 Å². The van der Waals surface area contributed by atoms with Crippen molar-refractivity contribution in [2.45, 2.75) is 73.0 Å². The zero-order valence-corrected chi connectivity index (χ0v) is 15.9. The fraction of sp³-hybridized carbons (Fsp3) is 0.600. The predicted octanol–water partition coefficient (Wildman–Crippen LogP) is 4.15. The van der Waals surface area contributed by atoms with E-state index in [0.717, 1.165) is 16.7 Å². The molecule has 0 aliphatic rings. The second-order valence-electron chi connectivity index (χ2n) is 7.67. The van der Waals surface area contributed by atoms with Gasteiger partial charge in [-0.1, -0.05) is 29.3 Å². The lowest BCUT2D eigenvalue weighted by atomic mass is 9.94. The maximum absolute atomic E-state index is 12.4. The Morgan fingerprint density at radius 3 is 2.04 bits per heavy atom. The molecule has 1 aromatic rings. The zero-order valence-electron chi connectivity index (χ0n) is 15.9. The summed E-state index contributed by atoms with van der Waals surface area (Å²) in [6.07, 6.45) is 0.279. The molecule has 0 saturated carbocycles. The number of benzene rings is 1. The largest absolute Gasteiger partial charge is 0.463 e. The summed E-state index contributed by atoms with van der Waals surface area (Å²) in [4.78, 5) is 24.6. The van der Waals surface area contributed by atoms with Gasteiger partial charge in [-0.2, -0.15) is 0 Å². The Kier molecular flexibility index (Phi) is 7.00. The first kappa shape index (κ1) is 20.2. The lowest BCUT2D eigenvalue weighted by Gasteiger charge is -2.22. The maximum atomic E-state index is 12.4. The van der Waals surface area contributed by atoms with Crippen LogP contribution < -0.4 is 0 Å². The third kappa shape index (κ3) is 7.62. The molecule has 0 aliphatic carbocycles. The van der Waals surface area contributed by atoms with Gasteiger partial charge in [0.1, 0.15) is 5.60 Å². The van der Waals surface area contributed by atoms with E-state index in [-0.39, 0.29) is 24.5 Å². The van der Waals surface area contributed by atoms with Crippen LogP contribution in [0.25, 0.3) is 0 Å². The molecule has 0 amide bonds. The highest BCUT2D eigenvalue weighted by atomic mass is 16.6. The van der Waals surface area contributed by atoms with E-state index in [0.29, 0.717) is 6.42 Å². The van der Waals surface area contributed by atoms with E-state index >= 15 is 0 Å². The molecular weight excluding hydrogens is 304 g/mol. The molecule has 1 atom stereocenters. The minimum absolute atomic E-state index is 0.0236. The fourth-order valence-corrected chi connectivity index (χ4v) is 2.62. The van der Waals surface area contributed by atoms with Gasteiger partial charge in [-0.05, 0) is 60.5 Å². The van der Waals surface area contributed by atoms with Gasteiger partial charge >= 0.3 is 11.9 Å². The van der Waals surface area contributed by atoms with Gasteiger partial charge in [-0.25, -0.2) is 0 Å². The highest BCUT2D eigenvalue weighted by Crippen LogP contribution is 2.20. The smallest absolute Gasteiger partial charge is 0.310 e. The Morgan fingerprint density at radius 1 is 1.04 bits per heavy atom. The molecule has 4 nitrogen and oxygen atoms in total. The molecule has 0 radical (unpaired) electrons. The van der Waals surface area contributed by atoms with E-state index in [2.05, 4.69) is 6.07 Å². The van der Waals surface area contributed by atoms with Crippen molar-refractivity contribution in [3.8, 4) is 0 Å². The Morgan fingerprint density at radius 2 is 1.58 bits per heavy atom. The normalized spacial score (nSPS) is 12.8. The van der Waals surface area contributed by atoms with E-state index in [1.807, 2.05) is 46.8 Å². The summed E-state index contributed by atoms with van der Waals surface area (Å²) in [5, 5.41) is 0. The molecule has 1 aromatic carbocycles. The van der Waals surface area contributed by atoms with Crippen LogP contribution in [0, 0.1) is 19.8 Å². The monoisotopic (exact) mass is 334 g/mol. The van der Waals surface area contributed by atoms with Crippen molar-refractivity contribution in [1.29, 1.82) is 0 Å². The molecule has 0 aromatic heterocycles. The van der Waals surface area contributed by atoms with Gasteiger partial charge in [0.25, 0.3) is 0 Å². The summed E-state index contributed by atoms with van der Waals surface area (Å²) in [5.74, 6) is -1.27. The Hall–Kier alpha value is -1.84. The topological polar surface area (TPSA) is 52.6 Å². The minimum atomic E-state index is -0.566. The van der Waals surface area contributed by atoms with Crippen LogP contribution in [0.2, 0.25) is 0 Å². The number of carbonyl (C=O) groups is 2.